The molecule has 0 aliphatic carbocycles. The molecule has 6 heteroatoms. The van der Waals surface area contributed by atoms with E-state index in [1.54, 1.807) is 0 Å². The van der Waals surface area contributed by atoms with Crippen molar-refractivity contribution >= 4 is 11.6 Å². The van der Waals surface area contributed by atoms with Crippen molar-refractivity contribution in [3.63, 3.8) is 0 Å². The highest BCUT2D eigenvalue weighted by Gasteiger charge is 2.14. The maximum atomic E-state index is 13.3. The van der Waals surface area contributed by atoms with Crippen LogP contribution >= 0.6 is 0 Å². The van der Waals surface area contributed by atoms with Gasteiger partial charge in [0.05, 0.1) is 11.3 Å². The second kappa shape index (κ2) is 5.01. The largest absolute Gasteiger partial charge is 0.507 e. The zero-order valence-corrected chi connectivity index (χ0v) is 9.45. The Morgan fingerprint density at radius 2 is 1.63 bits per heavy atom. The average molecular weight is 267 g/mol. The van der Waals surface area contributed by atoms with Crippen molar-refractivity contribution < 1.29 is 23.1 Å². The van der Waals surface area contributed by atoms with Gasteiger partial charge in [0.2, 0.25) is 0 Å². The van der Waals surface area contributed by atoms with Gasteiger partial charge in [-0.05, 0) is 24.3 Å². The highest BCUT2D eigenvalue weighted by atomic mass is 19.1. The van der Waals surface area contributed by atoms with E-state index in [4.69, 9.17) is 0 Å². The van der Waals surface area contributed by atoms with Gasteiger partial charge in [0.1, 0.15) is 23.2 Å². The van der Waals surface area contributed by atoms with Crippen molar-refractivity contribution in [1.82, 2.24) is 0 Å². The summed E-state index contributed by atoms with van der Waals surface area (Å²) in [5, 5.41) is 11.5. The third-order valence-electron chi connectivity index (χ3n) is 2.38. The van der Waals surface area contributed by atoms with Gasteiger partial charge in [-0.3, -0.25) is 4.79 Å². The Bertz CT molecular complexity index is 644. The summed E-state index contributed by atoms with van der Waals surface area (Å²) >= 11 is 0. The van der Waals surface area contributed by atoms with E-state index in [2.05, 4.69) is 5.32 Å². The minimum atomic E-state index is -0.949. The molecule has 0 aliphatic heterocycles. The van der Waals surface area contributed by atoms with Crippen LogP contribution in [-0.2, 0) is 0 Å². The average Bonchev–Trinajstić information content (AvgIpc) is 2.32. The van der Waals surface area contributed by atoms with Gasteiger partial charge in [0.15, 0.2) is 0 Å². The van der Waals surface area contributed by atoms with E-state index < -0.39 is 29.1 Å². The summed E-state index contributed by atoms with van der Waals surface area (Å²) in [5.41, 5.74) is -0.458. The van der Waals surface area contributed by atoms with Crippen molar-refractivity contribution in [3.05, 3.63) is 59.4 Å². The molecule has 2 aromatic carbocycles. The number of hydrogen-bond acceptors (Lipinski definition) is 2. The molecule has 0 fully saturated rings. The Morgan fingerprint density at radius 3 is 2.26 bits per heavy atom. The number of aromatic hydroxyl groups is 1. The fourth-order valence-electron chi connectivity index (χ4n) is 1.48. The molecule has 0 aliphatic rings. The van der Waals surface area contributed by atoms with E-state index >= 15 is 0 Å². The summed E-state index contributed by atoms with van der Waals surface area (Å²) in [6, 6.07) is 5.43. The maximum absolute atomic E-state index is 13.3. The van der Waals surface area contributed by atoms with Gasteiger partial charge in [-0.1, -0.05) is 0 Å². The zero-order valence-electron chi connectivity index (χ0n) is 9.45. The molecule has 1 amide bonds. The van der Waals surface area contributed by atoms with Crippen LogP contribution in [0.2, 0.25) is 0 Å². The van der Waals surface area contributed by atoms with Gasteiger partial charge in [-0.15, -0.1) is 0 Å². The van der Waals surface area contributed by atoms with E-state index in [1.807, 2.05) is 0 Å². The number of phenols is 1. The topological polar surface area (TPSA) is 49.3 Å². The van der Waals surface area contributed by atoms with Crippen LogP contribution in [0, 0.1) is 17.5 Å². The van der Waals surface area contributed by atoms with E-state index in [9.17, 15) is 23.1 Å². The van der Waals surface area contributed by atoms with Gasteiger partial charge in [0.25, 0.3) is 5.91 Å². The fourth-order valence-corrected chi connectivity index (χ4v) is 1.48. The summed E-state index contributed by atoms with van der Waals surface area (Å²) in [5.74, 6) is -3.83. The van der Waals surface area contributed by atoms with Crippen molar-refractivity contribution in [2.45, 2.75) is 0 Å². The predicted molar refractivity (Wildman–Crippen MR) is 62.4 cm³/mol. The molecule has 0 bridgehead atoms. The molecule has 0 spiro atoms. The molecule has 0 aromatic heterocycles. The maximum Gasteiger partial charge on any atom is 0.259 e. The van der Waals surface area contributed by atoms with Crippen LogP contribution in [-0.4, -0.2) is 11.0 Å². The number of phenolic OH excluding ortho intramolecular Hbond substituents is 1. The Kier molecular flexibility index (Phi) is 3.41. The number of hydrogen-bond donors (Lipinski definition) is 2. The number of carbonyl (C=O) groups excluding carboxylic acids is 1. The van der Waals surface area contributed by atoms with Crippen LogP contribution in [0.5, 0.6) is 5.75 Å². The lowest BCUT2D eigenvalue weighted by atomic mass is 10.1. The molecule has 98 valence electrons. The first kappa shape index (κ1) is 12.9. The fraction of sp³-hybridized carbons (Fsp3) is 0. The molecule has 0 atom stereocenters. The molecule has 2 aromatic rings. The lowest BCUT2D eigenvalue weighted by molar-refractivity contribution is 0.102. The third-order valence-corrected chi connectivity index (χ3v) is 2.38. The van der Waals surface area contributed by atoms with Crippen LogP contribution in [0.1, 0.15) is 10.4 Å². The Hall–Kier alpha value is -2.50. The van der Waals surface area contributed by atoms with Crippen molar-refractivity contribution in [2.24, 2.45) is 0 Å². The van der Waals surface area contributed by atoms with Gasteiger partial charge >= 0.3 is 0 Å². The van der Waals surface area contributed by atoms with Crippen LogP contribution in [0.4, 0.5) is 18.9 Å². The first-order chi connectivity index (χ1) is 8.97. The summed E-state index contributed by atoms with van der Waals surface area (Å²) in [7, 11) is 0. The standard InChI is InChI=1S/C13H8F3NO2/c14-7-2-4-11(10(16)5-7)17-13(19)9-3-1-8(15)6-12(9)18/h1-6,18H,(H,17,19). The van der Waals surface area contributed by atoms with E-state index in [0.29, 0.717) is 6.07 Å². The number of anilines is 1. The molecular formula is C13H8F3NO2. The van der Waals surface area contributed by atoms with Crippen LogP contribution in [0.15, 0.2) is 36.4 Å². The number of benzene rings is 2. The van der Waals surface area contributed by atoms with Crippen molar-refractivity contribution in [2.75, 3.05) is 5.32 Å². The van der Waals surface area contributed by atoms with E-state index in [1.165, 1.54) is 0 Å². The van der Waals surface area contributed by atoms with Gasteiger partial charge in [0, 0.05) is 12.1 Å². The minimum Gasteiger partial charge on any atom is -0.507 e. The molecule has 19 heavy (non-hydrogen) atoms. The smallest absolute Gasteiger partial charge is 0.259 e. The van der Waals surface area contributed by atoms with Gasteiger partial charge in [-0.25, -0.2) is 13.2 Å². The molecule has 0 heterocycles. The Balaban J connectivity index is 2.25. The summed E-state index contributed by atoms with van der Waals surface area (Å²) < 4.78 is 38.7. The second-order valence-corrected chi connectivity index (χ2v) is 3.74. The van der Waals surface area contributed by atoms with Gasteiger partial charge < -0.3 is 10.4 Å². The molecule has 0 radical (unpaired) electrons. The number of rotatable bonds is 2. The molecule has 2 rings (SSSR count). The zero-order chi connectivity index (χ0) is 14.0. The molecular weight excluding hydrogens is 259 g/mol. The normalized spacial score (nSPS) is 10.3. The van der Waals surface area contributed by atoms with Crippen molar-refractivity contribution in [3.8, 4) is 5.75 Å². The van der Waals surface area contributed by atoms with Crippen LogP contribution in [0.3, 0.4) is 0 Å². The van der Waals surface area contributed by atoms with Crippen LogP contribution < -0.4 is 5.32 Å². The quantitative estimate of drug-likeness (QED) is 0.878. The van der Waals surface area contributed by atoms with Gasteiger partial charge in [-0.2, -0.15) is 0 Å². The second-order valence-electron chi connectivity index (χ2n) is 3.74. The first-order valence-electron chi connectivity index (χ1n) is 5.22. The molecule has 2 N–H and O–H groups in total. The van der Waals surface area contributed by atoms with E-state index in [-0.39, 0.29) is 11.3 Å². The summed E-state index contributed by atoms with van der Waals surface area (Å²) in [4.78, 5) is 11.7. The predicted octanol–water partition coefficient (Wildman–Crippen LogP) is 3.06. The number of carbonyl (C=O) groups is 1. The highest BCUT2D eigenvalue weighted by molar-refractivity contribution is 6.06. The molecule has 0 unspecified atom stereocenters. The summed E-state index contributed by atoms with van der Waals surface area (Å²) in [6.07, 6.45) is 0. The first-order valence-corrected chi connectivity index (χ1v) is 5.22. The Labute approximate surface area is 106 Å². The number of nitrogens with one attached hydrogen (secondary N) is 1. The summed E-state index contributed by atoms with van der Waals surface area (Å²) in [6.45, 7) is 0. The van der Waals surface area contributed by atoms with E-state index in [0.717, 1.165) is 30.3 Å². The Morgan fingerprint density at radius 1 is 1.00 bits per heavy atom. The monoisotopic (exact) mass is 267 g/mol. The SMILES string of the molecule is O=C(Nc1ccc(F)cc1F)c1ccc(F)cc1O. The number of halogens is 3. The minimum absolute atomic E-state index is 0.217. The molecule has 3 nitrogen and oxygen atoms in total. The lowest BCUT2D eigenvalue weighted by Crippen LogP contribution is -2.13. The lowest BCUT2D eigenvalue weighted by Gasteiger charge is -2.07. The highest BCUT2D eigenvalue weighted by Crippen LogP contribution is 2.21. The third kappa shape index (κ3) is 2.85. The van der Waals surface area contributed by atoms with Crippen LogP contribution in [0.25, 0.3) is 0 Å². The van der Waals surface area contributed by atoms with Crippen molar-refractivity contribution in [1.29, 1.82) is 0 Å². The molecule has 0 saturated heterocycles. The molecule has 0 saturated carbocycles. The number of amides is 1.